The van der Waals surface area contributed by atoms with Crippen molar-refractivity contribution in [3.05, 3.63) is 105 Å². The Morgan fingerprint density at radius 3 is 2.46 bits per heavy atom. The molecule has 0 saturated heterocycles. The van der Waals surface area contributed by atoms with Crippen molar-refractivity contribution >= 4 is 45.9 Å². The second-order valence-corrected chi connectivity index (χ2v) is 10.2. The largest absolute Gasteiger partial charge is 0.361 e. The van der Waals surface area contributed by atoms with Gasteiger partial charge >= 0.3 is 0 Å². The lowest BCUT2D eigenvalue weighted by Crippen LogP contribution is -2.44. The number of aromatic amines is 1. The molecule has 1 aromatic heterocycles. The Morgan fingerprint density at radius 1 is 0.973 bits per heavy atom. The van der Waals surface area contributed by atoms with Gasteiger partial charge in [-0.25, -0.2) is 4.39 Å². The van der Waals surface area contributed by atoms with Crippen LogP contribution in [0.25, 0.3) is 10.9 Å². The van der Waals surface area contributed by atoms with E-state index in [9.17, 15) is 14.0 Å². The highest BCUT2D eigenvalue weighted by molar-refractivity contribution is 6.42. The van der Waals surface area contributed by atoms with Crippen molar-refractivity contribution in [3.8, 4) is 0 Å². The summed E-state index contributed by atoms with van der Waals surface area (Å²) < 4.78 is 13.5. The molecule has 37 heavy (non-hydrogen) atoms. The summed E-state index contributed by atoms with van der Waals surface area (Å²) in [5.41, 5.74) is 3.37. The molecule has 0 bridgehead atoms. The highest BCUT2D eigenvalue weighted by Gasteiger charge is 2.35. The minimum atomic E-state index is -0.326. The van der Waals surface area contributed by atoms with E-state index in [2.05, 4.69) is 11.1 Å². The number of nitrogens with zero attached hydrogens (tertiary/aromatic N) is 2. The second-order valence-electron chi connectivity index (χ2n) is 9.34. The SMILES string of the molecule is O=C(CN(C(=O)c1ccc(Cl)c(Cl)c1)C1CC1)N(CCc1c[nH]c2ccccc12)Cc1ccc(F)cc1. The lowest BCUT2D eigenvalue weighted by molar-refractivity contribution is -0.132. The molecule has 1 aliphatic carbocycles. The van der Waals surface area contributed by atoms with Crippen LogP contribution in [0.3, 0.4) is 0 Å². The number of carbonyl (C=O) groups excluding carboxylic acids is 2. The highest BCUT2D eigenvalue weighted by atomic mass is 35.5. The first-order chi connectivity index (χ1) is 17.9. The third-order valence-electron chi connectivity index (χ3n) is 6.69. The van der Waals surface area contributed by atoms with E-state index in [1.54, 1.807) is 40.1 Å². The van der Waals surface area contributed by atoms with Gasteiger partial charge < -0.3 is 14.8 Å². The number of carbonyl (C=O) groups is 2. The van der Waals surface area contributed by atoms with Gasteiger partial charge in [-0.05, 0) is 66.8 Å². The van der Waals surface area contributed by atoms with E-state index < -0.39 is 0 Å². The predicted molar refractivity (Wildman–Crippen MR) is 144 cm³/mol. The fraction of sp³-hybridized carbons (Fsp3) is 0.241. The van der Waals surface area contributed by atoms with Gasteiger partial charge in [0.1, 0.15) is 12.4 Å². The van der Waals surface area contributed by atoms with Crippen molar-refractivity contribution in [2.24, 2.45) is 0 Å². The number of hydrogen-bond donors (Lipinski definition) is 1. The summed E-state index contributed by atoms with van der Waals surface area (Å²) in [7, 11) is 0. The monoisotopic (exact) mass is 537 g/mol. The number of amides is 2. The maximum Gasteiger partial charge on any atom is 0.254 e. The molecule has 0 atom stereocenters. The number of hydrogen-bond acceptors (Lipinski definition) is 2. The molecule has 5 rings (SSSR count). The standard InChI is InChI=1S/C29H26Cl2FN3O2/c30-25-12-7-20(15-26(25)31)29(37)35(23-10-11-23)18-28(36)34(17-19-5-8-22(32)9-6-19)14-13-21-16-33-27-4-2-1-3-24(21)27/h1-9,12,15-16,23,33H,10-11,13-14,17-18H2. The summed E-state index contributed by atoms with van der Waals surface area (Å²) in [5.74, 6) is -0.732. The van der Waals surface area contributed by atoms with Gasteiger partial charge in [0, 0.05) is 41.8 Å². The maximum absolute atomic E-state index is 13.6. The van der Waals surface area contributed by atoms with Crippen LogP contribution >= 0.6 is 23.2 Å². The van der Waals surface area contributed by atoms with E-state index in [1.165, 1.54) is 12.1 Å². The minimum absolute atomic E-state index is 0.0205. The predicted octanol–water partition coefficient (Wildman–Crippen LogP) is 6.49. The molecule has 0 radical (unpaired) electrons. The summed E-state index contributed by atoms with van der Waals surface area (Å²) in [6.45, 7) is 0.733. The van der Waals surface area contributed by atoms with Crippen LogP contribution in [0.5, 0.6) is 0 Å². The Bertz CT molecular complexity index is 1430. The zero-order chi connectivity index (χ0) is 25.9. The number of para-hydroxylation sites is 1. The first kappa shape index (κ1) is 25.3. The van der Waals surface area contributed by atoms with E-state index in [-0.39, 0.29) is 30.2 Å². The molecule has 0 spiro atoms. The maximum atomic E-state index is 13.6. The van der Waals surface area contributed by atoms with Crippen molar-refractivity contribution in [3.63, 3.8) is 0 Å². The van der Waals surface area contributed by atoms with Crippen LogP contribution in [0, 0.1) is 5.82 Å². The zero-order valence-electron chi connectivity index (χ0n) is 20.1. The normalized spacial score (nSPS) is 13.1. The topological polar surface area (TPSA) is 56.4 Å². The first-order valence-corrected chi connectivity index (χ1v) is 13.0. The first-order valence-electron chi connectivity index (χ1n) is 12.2. The average molecular weight is 538 g/mol. The van der Waals surface area contributed by atoms with E-state index in [0.717, 1.165) is 34.9 Å². The molecule has 190 valence electrons. The Hall–Kier alpha value is -3.35. The lowest BCUT2D eigenvalue weighted by atomic mass is 10.1. The number of H-pyrrole nitrogens is 1. The van der Waals surface area contributed by atoms with Crippen LogP contribution in [-0.4, -0.2) is 45.7 Å². The van der Waals surface area contributed by atoms with Crippen molar-refractivity contribution in [1.82, 2.24) is 14.8 Å². The number of nitrogens with one attached hydrogen (secondary N) is 1. The van der Waals surface area contributed by atoms with Gasteiger partial charge in [-0.2, -0.15) is 0 Å². The van der Waals surface area contributed by atoms with Crippen LogP contribution in [0.4, 0.5) is 4.39 Å². The van der Waals surface area contributed by atoms with Crippen molar-refractivity contribution in [2.75, 3.05) is 13.1 Å². The quantitative estimate of drug-likeness (QED) is 0.265. The fourth-order valence-electron chi connectivity index (χ4n) is 4.49. The molecule has 1 aliphatic rings. The molecule has 4 aromatic rings. The molecule has 1 N–H and O–H groups in total. The number of fused-ring (bicyclic) bond motifs is 1. The van der Waals surface area contributed by atoms with Crippen LogP contribution in [0.1, 0.15) is 34.3 Å². The van der Waals surface area contributed by atoms with Crippen molar-refractivity contribution in [1.29, 1.82) is 0 Å². The number of benzene rings is 3. The van der Waals surface area contributed by atoms with Gasteiger partial charge in [-0.1, -0.05) is 53.5 Å². The number of halogens is 3. The lowest BCUT2D eigenvalue weighted by Gasteiger charge is -2.28. The van der Waals surface area contributed by atoms with E-state index in [4.69, 9.17) is 23.2 Å². The molecule has 5 nitrogen and oxygen atoms in total. The molecular formula is C29H26Cl2FN3O2. The van der Waals surface area contributed by atoms with Gasteiger partial charge in [0.05, 0.1) is 10.0 Å². The van der Waals surface area contributed by atoms with Gasteiger partial charge in [-0.15, -0.1) is 0 Å². The molecule has 8 heteroatoms. The van der Waals surface area contributed by atoms with Gasteiger partial charge in [0.2, 0.25) is 5.91 Å². The van der Waals surface area contributed by atoms with Crippen LogP contribution in [0.2, 0.25) is 10.0 Å². The zero-order valence-corrected chi connectivity index (χ0v) is 21.6. The molecule has 0 aliphatic heterocycles. The Morgan fingerprint density at radius 2 is 1.73 bits per heavy atom. The number of rotatable bonds is 9. The molecule has 3 aromatic carbocycles. The van der Waals surface area contributed by atoms with Gasteiger partial charge in [0.25, 0.3) is 5.91 Å². The van der Waals surface area contributed by atoms with Crippen LogP contribution in [0.15, 0.2) is 72.9 Å². The fourth-order valence-corrected chi connectivity index (χ4v) is 4.79. The minimum Gasteiger partial charge on any atom is -0.361 e. The highest BCUT2D eigenvalue weighted by Crippen LogP contribution is 2.30. The van der Waals surface area contributed by atoms with Crippen molar-refractivity contribution < 1.29 is 14.0 Å². The smallest absolute Gasteiger partial charge is 0.254 e. The van der Waals surface area contributed by atoms with E-state index in [0.29, 0.717) is 35.1 Å². The Labute approximate surface area is 224 Å². The van der Waals surface area contributed by atoms with E-state index >= 15 is 0 Å². The number of aromatic nitrogens is 1. The summed E-state index contributed by atoms with van der Waals surface area (Å²) in [5, 5.41) is 1.78. The van der Waals surface area contributed by atoms with E-state index in [1.807, 2.05) is 24.4 Å². The summed E-state index contributed by atoms with van der Waals surface area (Å²) >= 11 is 12.2. The molecule has 1 fully saturated rings. The molecule has 1 heterocycles. The second kappa shape index (κ2) is 11.0. The van der Waals surface area contributed by atoms with Crippen LogP contribution in [-0.2, 0) is 17.8 Å². The third kappa shape index (κ3) is 5.97. The van der Waals surface area contributed by atoms with Crippen LogP contribution < -0.4 is 0 Å². The molecule has 2 amide bonds. The van der Waals surface area contributed by atoms with Crippen molar-refractivity contribution in [2.45, 2.75) is 31.8 Å². The Kier molecular flexibility index (Phi) is 7.49. The Balaban J connectivity index is 1.35. The molecule has 0 unspecified atom stereocenters. The summed E-state index contributed by atoms with van der Waals surface area (Å²) in [6.07, 6.45) is 4.32. The third-order valence-corrected chi connectivity index (χ3v) is 7.43. The molecular weight excluding hydrogens is 512 g/mol. The molecule has 1 saturated carbocycles. The summed E-state index contributed by atoms with van der Waals surface area (Å²) in [6, 6.07) is 19.0. The summed E-state index contributed by atoms with van der Waals surface area (Å²) in [4.78, 5) is 33.6. The van der Waals surface area contributed by atoms with Gasteiger partial charge in [-0.3, -0.25) is 9.59 Å². The van der Waals surface area contributed by atoms with Gasteiger partial charge in [0.15, 0.2) is 0 Å². The average Bonchev–Trinajstić information content (AvgIpc) is 3.66.